The number of anilines is 1. The van der Waals surface area contributed by atoms with Crippen LogP contribution in [-0.2, 0) is 24.7 Å². The summed E-state index contributed by atoms with van der Waals surface area (Å²) in [6.45, 7) is 2.10. The average molecular weight is 293 g/mol. The van der Waals surface area contributed by atoms with E-state index in [9.17, 15) is 4.79 Å². The molecule has 0 radical (unpaired) electrons. The molecule has 0 saturated carbocycles. The van der Waals surface area contributed by atoms with Crippen LogP contribution in [-0.4, -0.2) is 15.5 Å². The fourth-order valence-electron chi connectivity index (χ4n) is 2.68. The summed E-state index contributed by atoms with van der Waals surface area (Å²) in [7, 11) is 1.95. The Morgan fingerprint density at radius 3 is 2.95 bits per heavy atom. The Bertz CT molecular complexity index is 820. The molecule has 0 aliphatic heterocycles. The first-order valence-electron chi connectivity index (χ1n) is 7.45. The zero-order chi connectivity index (χ0) is 15.5. The van der Waals surface area contributed by atoms with Gasteiger partial charge >= 0.3 is 0 Å². The van der Waals surface area contributed by atoms with E-state index in [-0.39, 0.29) is 5.91 Å². The zero-order valence-corrected chi connectivity index (χ0v) is 12.8. The number of aromatic nitrogens is 2. The summed E-state index contributed by atoms with van der Waals surface area (Å²) in [6, 6.07) is 11.9. The van der Waals surface area contributed by atoms with Crippen LogP contribution in [0.4, 0.5) is 5.69 Å². The number of aryl methyl sites for hydroxylation is 2. The van der Waals surface area contributed by atoms with Gasteiger partial charge in [0.05, 0.1) is 6.42 Å². The van der Waals surface area contributed by atoms with Gasteiger partial charge in [-0.05, 0) is 41.8 Å². The lowest BCUT2D eigenvalue weighted by molar-refractivity contribution is -0.115. The van der Waals surface area contributed by atoms with E-state index in [0.717, 1.165) is 28.7 Å². The van der Waals surface area contributed by atoms with Gasteiger partial charge in [0.15, 0.2) is 0 Å². The quantitative estimate of drug-likeness (QED) is 0.802. The minimum atomic E-state index is -0.00962. The van der Waals surface area contributed by atoms with Crippen LogP contribution in [0.1, 0.15) is 18.1 Å². The van der Waals surface area contributed by atoms with Crippen LogP contribution in [0.15, 0.2) is 48.8 Å². The smallest absolute Gasteiger partial charge is 0.228 e. The highest BCUT2D eigenvalue weighted by atomic mass is 16.1. The number of hydrogen-bond acceptors (Lipinski definition) is 2. The lowest BCUT2D eigenvalue weighted by atomic mass is 10.1. The standard InChI is InChI=1S/C18H19N3O/c1-3-13-6-4-7-15(10-13)20-17(22)11-14-12-21(2)18-16(14)8-5-9-19-18/h4-10,12H,3,11H2,1-2H3,(H,20,22). The summed E-state index contributed by atoms with van der Waals surface area (Å²) in [6.07, 6.45) is 5.04. The normalized spacial score (nSPS) is 10.8. The molecule has 0 bridgehead atoms. The molecule has 0 aliphatic carbocycles. The van der Waals surface area contributed by atoms with Gasteiger partial charge in [-0.2, -0.15) is 0 Å². The monoisotopic (exact) mass is 293 g/mol. The third kappa shape index (κ3) is 2.86. The highest BCUT2D eigenvalue weighted by molar-refractivity contribution is 5.95. The molecule has 0 spiro atoms. The Morgan fingerprint density at radius 1 is 1.27 bits per heavy atom. The van der Waals surface area contributed by atoms with Crippen LogP contribution in [0.25, 0.3) is 11.0 Å². The maximum atomic E-state index is 12.3. The van der Waals surface area contributed by atoms with Crippen molar-refractivity contribution in [1.82, 2.24) is 9.55 Å². The number of pyridine rings is 1. The minimum Gasteiger partial charge on any atom is -0.335 e. The van der Waals surface area contributed by atoms with E-state index in [2.05, 4.69) is 23.3 Å². The molecule has 1 N–H and O–H groups in total. The first-order chi connectivity index (χ1) is 10.7. The number of nitrogens with zero attached hydrogens (tertiary/aromatic N) is 2. The van der Waals surface area contributed by atoms with Gasteiger partial charge in [0.2, 0.25) is 5.91 Å². The number of amides is 1. The van der Waals surface area contributed by atoms with Crippen molar-refractivity contribution in [3.63, 3.8) is 0 Å². The summed E-state index contributed by atoms with van der Waals surface area (Å²) < 4.78 is 1.95. The molecule has 0 saturated heterocycles. The lowest BCUT2D eigenvalue weighted by Gasteiger charge is -2.06. The molecule has 1 amide bonds. The van der Waals surface area contributed by atoms with Crippen molar-refractivity contribution in [2.24, 2.45) is 7.05 Å². The maximum absolute atomic E-state index is 12.3. The lowest BCUT2D eigenvalue weighted by Crippen LogP contribution is -2.14. The van der Waals surface area contributed by atoms with E-state index >= 15 is 0 Å². The predicted molar refractivity (Wildman–Crippen MR) is 88.9 cm³/mol. The fourth-order valence-corrected chi connectivity index (χ4v) is 2.68. The van der Waals surface area contributed by atoms with Crippen molar-refractivity contribution < 1.29 is 4.79 Å². The molecule has 0 atom stereocenters. The number of fused-ring (bicyclic) bond motifs is 1. The maximum Gasteiger partial charge on any atom is 0.228 e. The minimum absolute atomic E-state index is 0.00962. The number of carbonyl (C=O) groups is 1. The molecule has 22 heavy (non-hydrogen) atoms. The molecule has 1 aromatic carbocycles. The van der Waals surface area contributed by atoms with Crippen LogP contribution >= 0.6 is 0 Å². The number of carbonyl (C=O) groups excluding carboxylic acids is 1. The van der Waals surface area contributed by atoms with Gasteiger partial charge in [-0.15, -0.1) is 0 Å². The third-order valence-electron chi connectivity index (χ3n) is 3.79. The second kappa shape index (κ2) is 6.02. The molecule has 3 rings (SSSR count). The van der Waals surface area contributed by atoms with Crippen molar-refractivity contribution in [3.05, 3.63) is 59.9 Å². The topological polar surface area (TPSA) is 46.9 Å². The van der Waals surface area contributed by atoms with Gasteiger partial charge in [-0.1, -0.05) is 19.1 Å². The first kappa shape index (κ1) is 14.3. The second-order valence-corrected chi connectivity index (χ2v) is 5.42. The Morgan fingerprint density at radius 2 is 2.14 bits per heavy atom. The number of hydrogen-bond donors (Lipinski definition) is 1. The van der Waals surface area contributed by atoms with Gasteiger partial charge in [0.25, 0.3) is 0 Å². The van der Waals surface area contributed by atoms with Gasteiger partial charge in [-0.25, -0.2) is 4.98 Å². The Balaban J connectivity index is 1.78. The molecule has 0 aliphatic rings. The summed E-state index contributed by atoms with van der Waals surface area (Å²) >= 11 is 0. The average Bonchev–Trinajstić information content (AvgIpc) is 2.84. The van der Waals surface area contributed by atoms with E-state index in [1.54, 1.807) is 6.20 Å². The molecule has 2 heterocycles. The van der Waals surface area contributed by atoms with Gasteiger partial charge in [0.1, 0.15) is 5.65 Å². The van der Waals surface area contributed by atoms with Gasteiger partial charge in [-0.3, -0.25) is 4.79 Å². The summed E-state index contributed by atoms with van der Waals surface area (Å²) in [5, 5.41) is 4.00. The van der Waals surface area contributed by atoms with Gasteiger partial charge < -0.3 is 9.88 Å². The summed E-state index contributed by atoms with van der Waals surface area (Å²) in [5.74, 6) is -0.00962. The van der Waals surface area contributed by atoms with E-state index in [0.29, 0.717) is 6.42 Å². The van der Waals surface area contributed by atoms with Gasteiger partial charge in [0, 0.05) is 30.5 Å². The van der Waals surface area contributed by atoms with Crippen LogP contribution in [0.2, 0.25) is 0 Å². The predicted octanol–water partition coefficient (Wildman–Crippen LogP) is 3.32. The molecular formula is C18H19N3O. The SMILES string of the molecule is CCc1cccc(NC(=O)Cc2cn(C)c3ncccc23)c1. The third-order valence-corrected chi connectivity index (χ3v) is 3.79. The second-order valence-electron chi connectivity index (χ2n) is 5.42. The van der Waals surface area contributed by atoms with Crippen molar-refractivity contribution in [1.29, 1.82) is 0 Å². The molecule has 4 nitrogen and oxygen atoms in total. The zero-order valence-electron chi connectivity index (χ0n) is 12.8. The van der Waals surface area contributed by atoms with Crippen molar-refractivity contribution in [2.75, 3.05) is 5.32 Å². The molecule has 2 aromatic heterocycles. The van der Waals surface area contributed by atoms with E-state index in [1.807, 2.05) is 48.1 Å². The van der Waals surface area contributed by atoms with Crippen LogP contribution < -0.4 is 5.32 Å². The molecule has 0 fully saturated rings. The highest BCUT2D eigenvalue weighted by Crippen LogP contribution is 2.19. The largest absolute Gasteiger partial charge is 0.335 e. The number of nitrogens with one attached hydrogen (secondary N) is 1. The molecule has 4 heteroatoms. The molecular weight excluding hydrogens is 274 g/mol. The Kier molecular flexibility index (Phi) is 3.92. The highest BCUT2D eigenvalue weighted by Gasteiger charge is 2.11. The Hall–Kier alpha value is -2.62. The van der Waals surface area contributed by atoms with E-state index < -0.39 is 0 Å². The van der Waals surface area contributed by atoms with Crippen molar-refractivity contribution >= 4 is 22.6 Å². The summed E-state index contributed by atoms with van der Waals surface area (Å²) in [4.78, 5) is 16.6. The van der Waals surface area contributed by atoms with E-state index in [1.165, 1.54) is 5.56 Å². The molecule has 0 unspecified atom stereocenters. The van der Waals surface area contributed by atoms with Crippen molar-refractivity contribution in [2.45, 2.75) is 19.8 Å². The van der Waals surface area contributed by atoms with Crippen molar-refractivity contribution in [3.8, 4) is 0 Å². The number of benzene rings is 1. The first-order valence-corrected chi connectivity index (χ1v) is 7.45. The Labute approximate surface area is 129 Å². The van der Waals surface area contributed by atoms with E-state index in [4.69, 9.17) is 0 Å². The number of rotatable bonds is 4. The van der Waals surface area contributed by atoms with Crippen LogP contribution in [0, 0.1) is 0 Å². The molecule has 3 aromatic rings. The fraction of sp³-hybridized carbons (Fsp3) is 0.222. The molecule has 112 valence electrons. The summed E-state index contributed by atoms with van der Waals surface area (Å²) in [5.41, 5.74) is 3.96. The van der Waals surface area contributed by atoms with Crippen LogP contribution in [0.5, 0.6) is 0 Å². The van der Waals surface area contributed by atoms with Crippen LogP contribution in [0.3, 0.4) is 0 Å².